The van der Waals surface area contributed by atoms with Crippen LogP contribution in [0.15, 0.2) is 12.1 Å². The lowest BCUT2D eigenvalue weighted by Crippen LogP contribution is -2.08. The summed E-state index contributed by atoms with van der Waals surface area (Å²) in [6, 6.07) is 2.41. The number of carbonyl (C=O) groups is 1. The van der Waals surface area contributed by atoms with Gasteiger partial charge in [0.05, 0.1) is 17.6 Å². The number of hydrogen-bond acceptors (Lipinski definition) is 6. The monoisotopic (exact) mass is 227 g/mol. The van der Waals surface area contributed by atoms with E-state index in [1.165, 1.54) is 13.2 Å². The van der Waals surface area contributed by atoms with Crippen LogP contribution in [0.3, 0.4) is 0 Å². The van der Waals surface area contributed by atoms with E-state index in [4.69, 9.17) is 5.73 Å². The molecule has 88 valence electrons. The van der Waals surface area contributed by atoms with Crippen LogP contribution in [0.4, 0.5) is 11.4 Å². The first kappa shape index (κ1) is 13.8. The predicted octanol–water partition coefficient (Wildman–Crippen LogP) is 1.43. The van der Waals surface area contributed by atoms with Crippen LogP contribution in [0.1, 0.15) is 15.9 Å². The van der Waals surface area contributed by atoms with E-state index in [0.717, 1.165) is 6.07 Å². The molecule has 0 fully saturated rings. The van der Waals surface area contributed by atoms with Crippen molar-refractivity contribution in [3.63, 3.8) is 0 Å². The molecule has 0 aliphatic carbocycles. The molecule has 0 aliphatic rings. The van der Waals surface area contributed by atoms with Crippen LogP contribution in [0, 0.1) is 17.0 Å². The summed E-state index contributed by atoms with van der Waals surface area (Å²) in [5.41, 5.74) is 6.12. The van der Waals surface area contributed by atoms with Gasteiger partial charge in [0.15, 0.2) is 0 Å². The van der Waals surface area contributed by atoms with Gasteiger partial charge in [0.25, 0.3) is 5.69 Å². The molecule has 0 amide bonds. The van der Waals surface area contributed by atoms with E-state index in [1.807, 2.05) is 0 Å². The number of esters is 1. The molecule has 0 radical (unpaired) electrons. The summed E-state index contributed by atoms with van der Waals surface area (Å²) in [5, 5.41) is 10.5. The van der Waals surface area contributed by atoms with Crippen molar-refractivity contribution in [2.24, 2.45) is 0 Å². The van der Waals surface area contributed by atoms with Gasteiger partial charge in [-0.2, -0.15) is 0 Å². The number of nitro benzene ring substituents is 1. The lowest BCUT2D eigenvalue weighted by atomic mass is 10.1. The quantitative estimate of drug-likeness (QED) is 0.340. The molecular formula is C9H13N3O4. The molecule has 16 heavy (non-hydrogen) atoms. The van der Waals surface area contributed by atoms with E-state index in [2.05, 4.69) is 4.74 Å². The zero-order valence-corrected chi connectivity index (χ0v) is 9.02. The van der Waals surface area contributed by atoms with Gasteiger partial charge in [-0.3, -0.25) is 10.1 Å². The van der Waals surface area contributed by atoms with E-state index in [9.17, 15) is 14.9 Å². The molecule has 0 bridgehead atoms. The van der Waals surface area contributed by atoms with Crippen molar-refractivity contribution >= 4 is 17.3 Å². The molecule has 0 aliphatic heterocycles. The summed E-state index contributed by atoms with van der Waals surface area (Å²) in [5.74, 6) is -0.681. The smallest absolute Gasteiger partial charge is 0.340 e. The molecule has 0 spiro atoms. The number of nitrogens with zero attached hydrogens (tertiary/aromatic N) is 1. The van der Waals surface area contributed by atoms with Gasteiger partial charge in [-0.1, -0.05) is 0 Å². The van der Waals surface area contributed by atoms with Crippen molar-refractivity contribution in [3.05, 3.63) is 33.4 Å². The van der Waals surface area contributed by atoms with Gasteiger partial charge in [-0.05, 0) is 12.5 Å². The topological polar surface area (TPSA) is 130 Å². The molecule has 0 heterocycles. The number of aryl methyl sites for hydroxylation is 1. The number of nitrogens with two attached hydrogens (primary N) is 1. The highest BCUT2D eigenvalue weighted by molar-refractivity contribution is 5.96. The first-order valence-electron chi connectivity index (χ1n) is 4.10. The maximum Gasteiger partial charge on any atom is 0.340 e. The number of methoxy groups -OCH3 is 1. The van der Waals surface area contributed by atoms with E-state index in [1.54, 1.807) is 6.92 Å². The largest absolute Gasteiger partial charge is 0.465 e. The minimum absolute atomic E-state index is 0. The Morgan fingerprint density at radius 3 is 2.50 bits per heavy atom. The molecule has 0 atom stereocenters. The lowest BCUT2D eigenvalue weighted by Gasteiger charge is -2.06. The third-order valence-electron chi connectivity index (χ3n) is 1.99. The van der Waals surface area contributed by atoms with Crippen LogP contribution in [-0.4, -0.2) is 18.0 Å². The van der Waals surface area contributed by atoms with Gasteiger partial charge in [0, 0.05) is 17.8 Å². The van der Waals surface area contributed by atoms with Crippen LogP contribution in [0.5, 0.6) is 0 Å². The molecule has 5 N–H and O–H groups in total. The number of anilines is 1. The first-order chi connectivity index (χ1) is 6.97. The molecule has 0 saturated carbocycles. The zero-order valence-electron chi connectivity index (χ0n) is 9.02. The molecule has 1 aromatic rings. The van der Waals surface area contributed by atoms with E-state index in [0.29, 0.717) is 5.56 Å². The van der Waals surface area contributed by atoms with Gasteiger partial charge in [0.1, 0.15) is 0 Å². The molecular weight excluding hydrogens is 214 g/mol. The average Bonchev–Trinajstić information content (AvgIpc) is 2.20. The number of ether oxygens (including phenoxy) is 1. The van der Waals surface area contributed by atoms with Gasteiger partial charge < -0.3 is 16.6 Å². The summed E-state index contributed by atoms with van der Waals surface area (Å²) < 4.78 is 4.47. The fourth-order valence-electron chi connectivity index (χ4n) is 1.16. The SMILES string of the molecule is COC(=O)c1cc([N+](=O)[O-])cc(C)c1N.N. The number of benzene rings is 1. The third kappa shape index (κ3) is 2.45. The van der Waals surface area contributed by atoms with Crippen LogP contribution < -0.4 is 11.9 Å². The fraction of sp³-hybridized carbons (Fsp3) is 0.222. The van der Waals surface area contributed by atoms with E-state index in [-0.39, 0.29) is 23.1 Å². The van der Waals surface area contributed by atoms with Crippen LogP contribution >= 0.6 is 0 Å². The van der Waals surface area contributed by atoms with Gasteiger partial charge in [-0.15, -0.1) is 0 Å². The summed E-state index contributed by atoms with van der Waals surface area (Å²) in [6.07, 6.45) is 0. The molecule has 1 rings (SSSR count). The van der Waals surface area contributed by atoms with Gasteiger partial charge in [0.2, 0.25) is 0 Å². The van der Waals surface area contributed by atoms with Gasteiger partial charge >= 0.3 is 5.97 Å². The number of nitro groups is 1. The molecule has 0 saturated heterocycles. The standard InChI is InChI=1S/C9H10N2O4.H3N/c1-5-3-6(11(13)14)4-7(8(5)10)9(12)15-2;/h3-4H,10H2,1-2H3;1H3. The number of rotatable bonds is 2. The van der Waals surface area contributed by atoms with E-state index < -0.39 is 10.9 Å². The van der Waals surface area contributed by atoms with Crippen molar-refractivity contribution in [1.29, 1.82) is 0 Å². The average molecular weight is 227 g/mol. The summed E-state index contributed by atoms with van der Waals surface area (Å²) in [6.45, 7) is 1.59. The Labute approximate surface area is 91.9 Å². The van der Waals surface area contributed by atoms with Crippen molar-refractivity contribution in [1.82, 2.24) is 6.15 Å². The Morgan fingerprint density at radius 1 is 1.50 bits per heavy atom. The molecule has 1 aromatic carbocycles. The van der Waals surface area contributed by atoms with E-state index >= 15 is 0 Å². The van der Waals surface area contributed by atoms with Crippen molar-refractivity contribution in [2.45, 2.75) is 6.92 Å². The Balaban J connectivity index is 0.00000225. The highest BCUT2D eigenvalue weighted by atomic mass is 16.6. The predicted molar refractivity (Wildman–Crippen MR) is 58.6 cm³/mol. The minimum atomic E-state index is -0.681. The fourth-order valence-corrected chi connectivity index (χ4v) is 1.16. The van der Waals surface area contributed by atoms with Crippen LogP contribution in [-0.2, 0) is 4.74 Å². The number of nitrogen functional groups attached to an aromatic ring is 1. The highest BCUT2D eigenvalue weighted by Crippen LogP contribution is 2.24. The summed E-state index contributed by atoms with van der Waals surface area (Å²) >= 11 is 0. The molecule has 0 aromatic heterocycles. The number of carbonyl (C=O) groups excluding carboxylic acids is 1. The maximum absolute atomic E-state index is 11.2. The van der Waals surface area contributed by atoms with Crippen LogP contribution in [0.2, 0.25) is 0 Å². The molecule has 0 unspecified atom stereocenters. The van der Waals surface area contributed by atoms with Gasteiger partial charge in [-0.25, -0.2) is 4.79 Å². The minimum Gasteiger partial charge on any atom is -0.465 e. The van der Waals surface area contributed by atoms with Crippen molar-refractivity contribution in [2.75, 3.05) is 12.8 Å². The van der Waals surface area contributed by atoms with Crippen molar-refractivity contribution < 1.29 is 14.5 Å². The second-order valence-electron chi connectivity index (χ2n) is 2.97. The normalized spacial score (nSPS) is 9.12. The summed E-state index contributed by atoms with van der Waals surface area (Å²) in [4.78, 5) is 21.2. The maximum atomic E-state index is 11.2. The van der Waals surface area contributed by atoms with Crippen LogP contribution in [0.25, 0.3) is 0 Å². The zero-order chi connectivity index (χ0) is 11.6. The Morgan fingerprint density at radius 2 is 2.06 bits per heavy atom. The molecule has 7 nitrogen and oxygen atoms in total. The first-order valence-corrected chi connectivity index (χ1v) is 4.10. The highest BCUT2D eigenvalue weighted by Gasteiger charge is 2.17. The second kappa shape index (κ2) is 5.08. The molecule has 7 heteroatoms. The summed E-state index contributed by atoms with van der Waals surface area (Å²) in [7, 11) is 1.19. The number of hydrogen-bond donors (Lipinski definition) is 2. The lowest BCUT2D eigenvalue weighted by molar-refractivity contribution is -0.384. The second-order valence-corrected chi connectivity index (χ2v) is 2.97. The Bertz CT molecular complexity index is 431. The Kier molecular flexibility index (Phi) is 4.40. The van der Waals surface area contributed by atoms with Crippen molar-refractivity contribution in [3.8, 4) is 0 Å². The third-order valence-corrected chi connectivity index (χ3v) is 1.99. The Hall–Kier alpha value is -2.15. The number of non-ortho nitro benzene ring substituents is 1.